The second-order valence-electron chi connectivity index (χ2n) is 7.99. The molecule has 2 aromatic rings. The average molecular weight is 522 g/mol. The lowest BCUT2D eigenvalue weighted by Crippen LogP contribution is -2.40. The van der Waals surface area contributed by atoms with Crippen LogP contribution >= 0.6 is 24.8 Å². The molecule has 0 unspecified atom stereocenters. The van der Waals surface area contributed by atoms with Crippen LogP contribution in [0.4, 0.5) is 5.69 Å². The fourth-order valence-corrected chi connectivity index (χ4v) is 3.75. The Morgan fingerprint density at radius 2 is 1.83 bits per heavy atom. The number of nitrogens with one attached hydrogen (secondary N) is 2. The van der Waals surface area contributed by atoms with Gasteiger partial charge in [-0.05, 0) is 42.8 Å². The molecule has 8 nitrogen and oxygen atoms in total. The van der Waals surface area contributed by atoms with Gasteiger partial charge < -0.3 is 25.4 Å². The van der Waals surface area contributed by atoms with Gasteiger partial charge in [-0.1, -0.05) is 30.4 Å². The number of rotatable bonds is 8. The maximum absolute atomic E-state index is 12.3. The molecule has 1 aliphatic heterocycles. The summed E-state index contributed by atoms with van der Waals surface area (Å²) in [5.41, 5.74) is 7.71. The minimum absolute atomic E-state index is 0. The van der Waals surface area contributed by atoms with Crippen LogP contribution in [0.5, 0.6) is 5.75 Å². The Hall–Kier alpha value is -3.07. The molecule has 0 aromatic heterocycles. The monoisotopic (exact) mass is 521 g/mol. The fraction of sp³-hybridized carbons (Fsp3) is 0.320. The number of nitrogens with zero attached hydrogens (tertiary/aromatic N) is 2. The summed E-state index contributed by atoms with van der Waals surface area (Å²) >= 11 is 0. The van der Waals surface area contributed by atoms with Gasteiger partial charge in [0, 0.05) is 43.7 Å². The number of piperidine rings is 1. The molecule has 35 heavy (non-hydrogen) atoms. The largest absolute Gasteiger partial charge is 0.490 e. The maximum atomic E-state index is 12.3. The van der Waals surface area contributed by atoms with E-state index < -0.39 is 12.5 Å². The highest BCUT2D eigenvalue weighted by atomic mass is 35.5. The van der Waals surface area contributed by atoms with Crippen LogP contribution in [-0.2, 0) is 4.79 Å². The number of ether oxygens (including phenoxy) is 1. The zero-order valence-electron chi connectivity index (χ0n) is 19.6. The van der Waals surface area contributed by atoms with Crippen molar-refractivity contribution in [2.75, 3.05) is 31.1 Å². The van der Waals surface area contributed by atoms with Crippen LogP contribution < -0.4 is 15.4 Å². The molecule has 1 amide bonds. The van der Waals surface area contributed by atoms with E-state index >= 15 is 0 Å². The van der Waals surface area contributed by atoms with E-state index in [2.05, 4.69) is 0 Å². The lowest BCUT2D eigenvalue weighted by atomic mass is 10.1. The van der Waals surface area contributed by atoms with Gasteiger partial charge in [0.1, 0.15) is 24.3 Å². The molecule has 0 radical (unpaired) electrons. The Labute approximate surface area is 218 Å². The van der Waals surface area contributed by atoms with E-state index in [1.165, 1.54) is 4.90 Å². The van der Waals surface area contributed by atoms with Crippen molar-refractivity contribution in [1.29, 1.82) is 10.8 Å². The summed E-state index contributed by atoms with van der Waals surface area (Å²) < 4.78 is 6.08. The van der Waals surface area contributed by atoms with E-state index in [1.54, 1.807) is 19.1 Å². The highest BCUT2D eigenvalue weighted by Crippen LogP contribution is 2.23. The number of aliphatic hydroxyl groups is 1. The number of benzene rings is 2. The van der Waals surface area contributed by atoms with E-state index in [0.29, 0.717) is 17.1 Å². The number of carbonyl (C=O) groups is 1. The lowest BCUT2D eigenvalue weighted by molar-refractivity contribution is -0.121. The van der Waals surface area contributed by atoms with Gasteiger partial charge in [0.25, 0.3) is 5.91 Å². The van der Waals surface area contributed by atoms with Gasteiger partial charge in [-0.2, -0.15) is 0 Å². The standard InChI is InChI=1S/C25H31N5O3.2ClH/c1-18(26)29-14-11-23(12-15-29)33-22-9-7-21(8-10-22)30(24(32)17-31)13-3-5-19-4-2-6-20(16-19)25(27)28;;/h2-10,16,23,26,31H,11-15,17H2,1H3,(H3,27,28);2*1H/b5-3+,26-18?;;. The molecule has 3 rings (SSSR count). The average Bonchev–Trinajstić information content (AvgIpc) is 2.82. The van der Waals surface area contributed by atoms with Crippen molar-refractivity contribution in [2.45, 2.75) is 25.9 Å². The molecule has 190 valence electrons. The molecular formula is C25H33Cl2N5O3. The summed E-state index contributed by atoms with van der Waals surface area (Å²) in [4.78, 5) is 15.9. The van der Waals surface area contributed by atoms with Crippen molar-refractivity contribution >= 4 is 54.2 Å². The number of hydrogen-bond donors (Lipinski definition) is 4. The van der Waals surface area contributed by atoms with Crippen LogP contribution in [-0.4, -0.2) is 59.9 Å². The smallest absolute Gasteiger partial charge is 0.252 e. The summed E-state index contributed by atoms with van der Waals surface area (Å²) in [6, 6.07) is 14.6. The van der Waals surface area contributed by atoms with E-state index in [-0.39, 0.29) is 43.3 Å². The zero-order chi connectivity index (χ0) is 23.8. The molecule has 2 aromatic carbocycles. The first kappa shape index (κ1) is 30.0. The third kappa shape index (κ3) is 8.58. The molecule has 1 saturated heterocycles. The molecule has 10 heteroatoms. The lowest BCUT2D eigenvalue weighted by Gasteiger charge is -2.32. The number of likely N-dealkylation sites (tertiary alicyclic amines) is 1. The zero-order valence-corrected chi connectivity index (χ0v) is 21.3. The topological polar surface area (TPSA) is 127 Å². The summed E-state index contributed by atoms with van der Waals surface area (Å²) in [5, 5.41) is 24.7. The van der Waals surface area contributed by atoms with E-state index in [0.717, 1.165) is 37.2 Å². The number of carbonyl (C=O) groups excluding carboxylic acids is 1. The molecule has 1 fully saturated rings. The van der Waals surface area contributed by atoms with Crippen LogP contribution in [0.15, 0.2) is 54.6 Å². The van der Waals surface area contributed by atoms with E-state index in [9.17, 15) is 9.90 Å². The maximum Gasteiger partial charge on any atom is 0.252 e. The Morgan fingerprint density at radius 3 is 2.40 bits per heavy atom. The Kier molecular flexibility index (Phi) is 12.3. The van der Waals surface area contributed by atoms with Gasteiger partial charge >= 0.3 is 0 Å². The number of nitrogen functional groups attached to an aromatic ring is 1. The minimum Gasteiger partial charge on any atom is -0.490 e. The quantitative estimate of drug-likeness (QED) is 0.311. The number of amidine groups is 2. The normalized spacial score (nSPS) is 13.5. The van der Waals surface area contributed by atoms with Crippen molar-refractivity contribution in [3.8, 4) is 5.75 Å². The highest BCUT2D eigenvalue weighted by molar-refractivity contribution is 5.96. The molecule has 5 N–H and O–H groups in total. The first-order chi connectivity index (χ1) is 15.9. The van der Waals surface area contributed by atoms with Crippen LogP contribution in [0.2, 0.25) is 0 Å². The molecule has 1 aliphatic rings. The number of aliphatic hydroxyl groups excluding tert-OH is 1. The molecule has 0 bridgehead atoms. The number of hydrogen-bond acceptors (Lipinski definition) is 5. The molecular weight excluding hydrogens is 489 g/mol. The molecule has 1 heterocycles. The van der Waals surface area contributed by atoms with Gasteiger partial charge in [0.05, 0.1) is 5.84 Å². The van der Waals surface area contributed by atoms with Gasteiger partial charge in [-0.25, -0.2) is 0 Å². The van der Waals surface area contributed by atoms with E-state index in [1.807, 2.05) is 53.5 Å². The number of anilines is 1. The fourth-order valence-electron chi connectivity index (χ4n) is 3.75. The van der Waals surface area contributed by atoms with Gasteiger partial charge in [-0.3, -0.25) is 15.6 Å². The summed E-state index contributed by atoms with van der Waals surface area (Å²) in [6.07, 6.45) is 5.52. The van der Waals surface area contributed by atoms with Crippen molar-refractivity contribution < 1.29 is 14.6 Å². The number of halogens is 2. The second kappa shape index (κ2) is 14.4. The minimum atomic E-state index is -0.586. The molecule has 0 atom stereocenters. The first-order valence-electron chi connectivity index (χ1n) is 11.0. The number of nitrogens with two attached hydrogens (primary N) is 1. The van der Waals surface area contributed by atoms with E-state index in [4.69, 9.17) is 21.3 Å². The third-order valence-electron chi connectivity index (χ3n) is 5.60. The number of amides is 1. The summed E-state index contributed by atoms with van der Waals surface area (Å²) in [7, 11) is 0. The Bertz CT molecular complexity index is 1020. The first-order valence-corrected chi connectivity index (χ1v) is 11.0. The van der Waals surface area contributed by atoms with Gasteiger partial charge in [0.2, 0.25) is 0 Å². The predicted molar refractivity (Wildman–Crippen MR) is 145 cm³/mol. The van der Waals surface area contributed by atoms with Crippen LogP contribution in [0.3, 0.4) is 0 Å². The molecule has 0 saturated carbocycles. The van der Waals surface area contributed by atoms with Crippen LogP contribution in [0, 0.1) is 10.8 Å². The highest BCUT2D eigenvalue weighted by Gasteiger charge is 2.21. The Morgan fingerprint density at radius 1 is 1.17 bits per heavy atom. The van der Waals surface area contributed by atoms with Crippen molar-refractivity contribution in [3.05, 3.63) is 65.7 Å². The second-order valence-corrected chi connectivity index (χ2v) is 7.99. The summed E-state index contributed by atoms with van der Waals surface area (Å²) in [6.45, 7) is 3.14. The van der Waals surface area contributed by atoms with Crippen LogP contribution in [0.1, 0.15) is 30.9 Å². The van der Waals surface area contributed by atoms with Crippen LogP contribution in [0.25, 0.3) is 6.08 Å². The Balaban J connectivity index is 0.00000306. The van der Waals surface area contributed by atoms with Gasteiger partial charge in [-0.15, -0.1) is 24.8 Å². The SMILES string of the molecule is CC(=N)N1CCC(Oc2ccc(N(C/C=C/c3cccc(C(=N)N)c3)C(=O)CO)cc2)CC1.Cl.Cl. The van der Waals surface area contributed by atoms with Gasteiger partial charge in [0.15, 0.2) is 0 Å². The predicted octanol–water partition coefficient (Wildman–Crippen LogP) is 3.69. The van der Waals surface area contributed by atoms with Crippen molar-refractivity contribution in [3.63, 3.8) is 0 Å². The van der Waals surface area contributed by atoms with Crippen molar-refractivity contribution in [1.82, 2.24) is 4.90 Å². The molecule has 0 spiro atoms. The molecule has 0 aliphatic carbocycles. The third-order valence-corrected chi connectivity index (χ3v) is 5.60. The summed E-state index contributed by atoms with van der Waals surface area (Å²) in [5.74, 6) is 0.920. The van der Waals surface area contributed by atoms with Crippen molar-refractivity contribution in [2.24, 2.45) is 5.73 Å².